The molecule has 1 amide bonds. The van der Waals surface area contributed by atoms with Crippen molar-refractivity contribution >= 4 is 60.6 Å². The molecule has 0 bridgehead atoms. The number of carbonyl (C=O) groups excluding carboxylic acids is 1. The number of hydrogen-bond acceptors (Lipinski definition) is 6. The Bertz CT molecular complexity index is 916. The van der Waals surface area contributed by atoms with Gasteiger partial charge in [0.15, 0.2) is 9.84 Å². The smallest absolute Gasteiger partial charge is 0.413 e. The highest BCUT2D eigenvalue weighted by atomic mass is 79.9. The van der Waals surface area contributed by atoms with Crippen molar-refractivity contribution < 1.29 is 17.9 Å². The molecule has 6 nitrogen and oxygen atoms in total. The number of nitrogens with zero attached hydrogens (tertiary/aromatic N) is 1. The largest absolute Gasteiger partial charge is 0.444 e. The van der Waals surface area contributed by atoms with Crippen molar-refractivity contribution in [2.24, 2.45) is 4.99 Å². The Labute approximate surface area is 176 Å². The maximum atomic E-state index is 13.2. The minimum Gasteiger partial charge on any atom is -0.444 e. The monoisotopic (exact) mass is 496 g/mol. The van der Waals surface area contributed by atoms with Gasteiger partial charge in [-0.2, -0.15) is 0 Å². The lowest BCUT2D eigenvalue weighted by molar-refractivity contribution is 0.0559. The van der Waals surface area contributed by atoms with Crippen LogP contribution in [0, 0.1) is 0 Å². The molecule has 3 rings (SSSR count). The first-order chi connectivity index (χ1) is 12.3. The molecule has 1 N–H and O–H groups in total. The maximum Gasteiger partial charge on any atom is 0.413 e. The fourth-order valence-electron chi connectivity index (χ4n) is 3.45. The highest BCUT2D eigenvalue weighted by Gasteiger charge is 2.59. The van der Waals surface area contributed by atoms with Crippen LogP contribution in [0.5, 0.6) is 0 Å². The van der Waals surface area contributed by atoms with Crippen LogP contribution in [0.2, 0.25) is 5.02 Å². The van der Waals surface area contributed by atoms with E-state index in [0.717, 1.165) is 10.2 Å². The zero-order valence-corrected chi connectivity index (χ0v) is 19.5. The predicted molar refractivity (Wildman–Crippen MR) is 112 cm³/mol. The number of aliphatic imine (C=N–C) groups is 1. The SMILES string of the molecule is CC(C)(C)OC(=O)NC1=NC(C)(c2sc(Br)cc2Cl)CS(=O)(=O)C12CCC2. The second-order valence-electron chi connectivity index (χ2n) is 8.20. The van der Waals surface area contributed by atoms with Gasteiger partial charge in [0.05, 0.1) is 19.4 Å². The molecule has 0 saturated heterocycles. The number of hydrogen-bond donors (Lipinski definition) is 1. The molecule has 1 aliphatic heterocycles. The molecule has 2 heterocycles. The third kappa shape index (κ3) is 3.80. The van der Waals surface area contributed by atoms with E-state index in [1.807, 2.05) is 0 Å². The Balaban J connectivity index is 2.07. The lowest BCUT2D eigenvalue weighted by Gasteiger charge is -2.47. The van der Waals surface area contributed by atoms with E-state index in [1.54, 1.807) is 33.8 Å². The number of sulfone groups is 1. The lowest BCUT2D eigenvalue weighted by Crippen LogP contribution is -2.63. The summed E-state index contributed by atoms with van der Waals surface area (Å²) >= 11 is 11.1. The first-order valence-corrected chi connectivity index (χ1v) is 12.2. The molecule has 10 heteroatoms. The van der Waals surface area contributed by atoms with Crippen molar-refractivity contribution in [3.8, 4) is 0 Å². The Morgan fingerprint density at radius 1 is 1.41 bits per heavy atom. The molecule has 0 radical (unpaired) electrons. The minimum atomic E-state index is -3.56. The Morgan fingerprint density at radius 3 is 2.48 bits per heavy atom. The fourth-order valence-corrected chi connectivity index (χ4v) is 8.27. The molecule has 1 saturated carbocycles. The Hall–Kier alpha value is -0.640. The summed E-state index contributed by atoms with van der Waals surface area (Å²) in [4.78, 5) is 17.7. The van der Waals surface area contributed by atoms with Crippen LogP contribution < -0.4 is 5.32 Å². The molecule has 27 heavy (non-hydrogen) atoms. The van der Waals surface area contributed by atoms with Crippen molar-refractivity contribution in [1.82, 2.24) is 5.32 Å². The lowest BCUT2D eigenvalue weighted by atomic mass is 9.82. The van der Waals surface area contributed by atoms with Gasteiger partial charge >= 0.3 is 6.09 Å². The van der Waals surface area contributed by atoms with Crippen molar-refractivity contribution in [2.75, 3.05) is 5.75 Å². The van der Waals surface area contributed by atoms with Gasteiger partial charge in [-0.15, -0.1) is 11.3 Å². The van der Waals surface area contributed by atoms with Gasteiger partial charge < -0.3 is 4.74 Å². The van der Waals surface area contributed by atoms with Crippen LogP contribution in [0.3, 0.4) is 0 Å². The molecule has 2 aliphatic rings. The zero-order chi connectivity index (χ0) is 20.3. The van der Waals surface area contributed by atoms with Crippen LogP contribution in [0.15, 0.2) is 14.8 Å². The molecule has 1 aromatic rings. The topological polar surface area (TPSA) is 84.8 Å². The first-order valence-electron chi connectivity index (χ1n) is 8.56. The quantitative estimate of drug-likeness (QED) is 0.612. The predicted octanol–water partition coefficient (Wildman–Crippen LogP) is 4.65. The van der Waals surface area contributed by atoms with Crippen LogP contribution in [0.4, 0.5) is 4.79 Å². The number of carbonyl (C=O) groups is 1. The van der Waals surface area contributed by atoms with Crippen molar-refractivity contribution in [1.29, 1.82) is 0 Å². The van der Waals surface area contributed by atoms with E-state index in [1.165, 1.54) is 11.3 Å². The number of ether oxygens (including phenoxy) is 1. The first kappa shape index (κ1) is 21.1. The van der Waals surface area contributed by atoms with E-state index in [9.17, 15) is 13.2 Å². The molecule has 1 spiro atoms. The van der Waals surface area contributed by atoms with E-state index in [0.29, 0.717) is 22.7 Å². The molecule has 150 valence electrons. The molecule has 1 unspecified atom stereocenters. The Morgan fingerprint density at radius 2 is 2.04 bits per heavy atom. The van der Waals surface area contributed by atoms with Crippen molar-refractivity contribution in [2.45, 2.75) is 62.8 Å². The zero-order valence-electron chi connectivity index (χ0n) is 15.6. The van der Waals surface area contributed by atoms with Crippen molar-refractivity contribution in [3.63, 3.8) is 0 Å². The number of thiophene rings is 1. The number of alkyl carbamates (subject to hydrolysis) is 1. The van der Waals surface area contributed by atoms with Gasteiger partial charge in [-0.3, -0.25) is 10.3 Å². The molecule has 0 aromatic carbocycles. The number of halogens is 2. The van der Waals surface area contributed by atoms with Gasteiger partial charge in [0, 0.05) is 0 Å². The summed E-state index contributed by atoms with van der Waals surface area (Å²) in [6.07, 6.45) is 0.963. The molecular formula is C17H22BrClN2O4S2. The van der Waals surface area contributed by atoms with Crippen LogP contribution in [-0.4, -0.2) is 36.4 Å². The number of nitrogens with one attached hydrogen (secondary N) is 1. The van der Waals surface area contributed by atoms with Gasteiger partial charge in [0.1, 0.15) is 21.7 Å². The highest BCUT2D eigenvalue weighted by Crippen LogP contribution is 2.50. The Kier molecular flexibility index (Phi) is 5.24. The summed E-state index contributed by atoms with van der Waals surface area (Å²) in [7, 11) is -3.56. The van der Waals surface area contributed by atoms with Crippen molar-refractivity contribution in [3.05, 3.63) is 19.8 Å². The highest BCUT2D eigenvalue weighted by molar-refractivity contribution is 9.11. The van der Waals surface area contributed by atoms with Crippen LogP contribution >= 0.6 is 38.9 Å². The second-order valence-corrected chi connectivity index (χ2v) is 13.3. The molecule has 1 atom stereocenters. The second kappa shape index (κ2) is 6.71. The number of rotatable bonds is 1. The summed E-state index contributed by atoms with van der Waals surface area (Å²) in [6, 6.07) is 1.73. The summed E-state index contributed by atoms with van der Waals surface area (Å²) in [5.41, 5.74) is -1.77. The maximum absolute atomic E-state index is 13.2. The standard InChI is InChI=1S/C17H22BrClN2O4S2/c1-15(2,3)25-14(22)20-13-17(6-5-7-17)27(23,24)9-16(4,21-13)12-10(19)8-11(18)26-12/h8H,5-7,9H2,1-4H3,(H,20,21,22). The van der Waals surface area contributed by atoms with E-state index < -0.39 is 31.8 Å². The molecule has 1 aliphatic carbocycles. The number of amides is 1. The van der Waals surface area contributed by atoms with E-state index >= 15 is 0 Å². The molecule has 1 aromatic heterocycles. The average Bonchev–Trinajstić information content (AvgIpc) is 2.72. The van der Waals surface area contributed by atoms with Gasteiger partial charge in [-0.1, -0.05) is 11.6 Å². The third-order valence-electron chi connectivity index (χ3n) is 4.78. The van der Waals surface area contributed by atoms with Crippen LogP contribution in [0.1, 0.15) is 51.8 Å². The molecular weight excluding hydrogens is 476 g/mol. The van der Waals surface area contributed by atoms with Gasteiger partial charge in [-0.25, -0.2) is 13.2 Å². The van der Waals surface area contributed by atoms with E-state index in [4.69, 9.17) is 21.3 Å². The van der Waals surface area contributed by atoms with Gasteiger partial charge in [0.2, 0.25) is 0 Å². The van der Waals surface area contributed by atoms with Gasteiger partial charge in [-0.05, 0) is 69.0 Å². The fraction of sp³-hybridized carbons (Fsp3) is 0.647. The summed E-state index contributed by atoms with van der Waals surface area (Å²) in [6.45, 7) is 6.98. The molecule has 1 fully saturated rings. The van der Waals surface area contributed by atoms with Crippen LogP contribution in [0.25, 0.3) is 0 Å². The van der Waals surface area contributed by atoms with Crippen LogP contribution in [-0.2, 0) is 20.1 Å². The number of amidine groups is 1. The average molecular weight is 498 g/mol. The summed E-state index contributed by atoms with van der Waals surface area (Å²) < 4.78 is 31.5. The minimum absolute atomic E-state index is 0.147. The summed E-state index contributed by atoms with van der Waals surface area (Å²) in [5.74, 6) is 0.0175. The van der Waals surface area contributed by atoms with E-state index in [-0.39, 0.29) is 11.6 Å². The van der Waals surface area contributed by atoms with E-state index in [2.05, 4.69) is 21.2 Å². The third-order valence-corrected chi connectivity index (χ3v) is 9.82. The normalized spacial score (nSPS) is 26.2. The summed E-state index contributed by atoms with van der Waals surface area (Å²) in [5, 5.41) is 3.09. The van der Waals surface area contributed by atoms with Gasteiger partial charge in [0.25, 0.3) is 0 Å².